The van der Waals surface area contributed by atoms with E-state index in [9.17, 15) is 9.59 Å². The van der Waals surface area contributed by atoms with Crippen LogP contribution in [-0.2, 0) is 60.8 Å². The average molecular weight is 577 g/mol. The van der Waals surface area contributed by atoms with E-state index in [0.717, 1.165) is 114 Å². The largest absolute Gasteiger partial charge is 0.465 e. The monoisotopic (exact) mass is 576 g/mol. The van der Waals surface area contributed by atoms with Crippen molar-refractivity contribution in [3.8, 4) is 0 Å². The van der Waals surface area contributed by atoms with Gasteiger partial charge in [-0.05, 0) is 120 Å². The molecule has 0 spiro atoms. The third-order valence-electron chi connectivity index (χ3n) is 9.59. The van der Waals surface area contributed by atoms with Crippen LogP contribution < -0.4 is 0 Å². The van der Waals surface area contributed by atoms with Crippen molar-refractivity contribution in [2.45, 2.75) is 144 Å². The van der Waals surface area contributed by atoms with E-state index in [1.165, 1.54) is 58.7 Å². The van der Waals surface area contributed by atoms with Crippen LogP contribution in [0, 0.1) is 0 Å². The number of carbonyl (C=O) groups excluding carboxylic acids is 2. The molecule has 0 radical (unpaired) electrons. The van der Waals surface area contributed by atoms with Crippen molar-refractivity contribution in [2.24, 2.45) is 0 Å². The fourth-order valence-corrected chi connectivity index (χ4v) is 7.64. The SMILES string of the molecule is CCCCCCc1c2c(c(CCCCCC)c(C(=O)OC)c1C(=O)OC)Cc1c(CC)c(CC)c(CC)c(CC)c1C2. The second kappa shape index (κ2) is 16.3. The highest BCUT2D eigenvalue weighted by molar-refractivity contribution is 6.06. The van der Waals surface area contributed by atoms with E-state index in [1.54, 1.807) is 0 Å². The Labute approximate surface area is 256 Å². The van der Waals surface area contributed by atoms with Gasteiger partial charge in [0.05, 0.1) is 25.3 Å². The van der Waals surface area contributed by atoms with E-state index in [2.05, 4.69) is 41.5 Å². The number of esters is 2. The van der Waals surface area contributed by atoms with Crippen LogP contribution in [0.25, 0.3) is 0 Å². The molecule has 0 saturated carbocycles. The lowest BCUT2D eigenvalue weighted by Crippen LogP contribution is -2.26. The maximum Gasteiger partial charge on any atom is 0.339 e. The van der Waals surface area contributed by atoms with Gasteiger partial charge >= 0.3 is 11.9 Å². The first-order valence-corrected chi connectivity index (χ1v) is 16.9. The number of methoxy groups -OCH3 is 2. The number of hydrogen-bond donors (Lipinski definition) is 0. The molecule has 0 fully saturated rings. The highest BCUT2D eigenvalue weighted by Gasteiger charge is 2.35. The lowest BCUT2D eigenvalue weighted by atomic mass is 9.71. The lowest BCUT2D eigenvalue weighted by molar-refractivity contribution is 0.0552. The summed E-state index contributed by atoms with van der Waals surface area (Å²) in [5, 5.41) is 0. The molecule has 0 bridgehead atoms. The first-order valence-electron chi connectivity index (χ1n) is 16.9. The zero-order chi connectivity index (χ0) is 30.8. The molecule has 0 saturated heterocycles. The minimum absolute atomic E-state index is 0.412. The Kier molecular flexibility index (Phi) is 13.1. The number of carbonyl (C=O) groups is 2. The Morgan fingerprint density at radius 2 is 0.810 bits per heavy atom. The van der Waals surface area contributed by atoms with E-state index in [-0.39, 0.29) is 0 Å². The fourth-order valence-electron chi connectivity index (χ4n) is 7.64. The highest BCUT2D eigenvalue weighted by Crippen LogP contribution is 2.43. The van der Waals surface area contributed by atoms with E-state index < -0.39 is 11.9 Å². The molecule has 2 aromatic rings. The maximum absolute atomic E-state index is 13.6. The van der Waals surface area contributed by atoms with Crippen LogP contribution in [0.2, 0.25) is 0 Å². The van der Waals surface area contributed by atoms with Crippen LogP contribution in [0.1, 0.15) is 169 Å². The van der Waals surface area contributed by atoms with Gasteiger partial charge < -0.3 is 9.47 Å². The number of rotatable bonds is 16. The van der Waals surface area contributed by atoms with Crippen molar-refractivity contribution >= 4 is 11.9 Å². The van der Waals surface area contributed by atoms with Crippen LogP contribution in [-0.4, -0.2) is 26.2 Å². The van der Waals surface area contributed by atoms with Crippen LogP contribution in [0.4, 0.5) is 0 Å². The number of benzene rings is 2. The summed E-state index contributed by atoms with van der Waals surface area (Å²) in [6.07, 6.45) is 16.1. The van der Waals surface area contributed by atoms with Gasteiger partial charge in [0.2, 0.25) is 0 Å². The molecule has 1 aliphatic rings. The summed E-state index contributed by atoms with van der Waals surface area (Å²) in [4.78, 5) is 27.2. The topological polar surface area (TPSA) is 52.6 Å². The number of unbranched alkanes of at least 4 members (excludes halogenated alkanes) is 6. The molecule has 3 rings (SSSR count). The molecule has 0 amide bonds. The minimum atomic E-state index is -0.412. The number of fused-ring (bicyclic) bond motifs is 2. The summed E-state index contributed by atoms with van der Waals surface area (Å²) in [6.45, 7) is 13.6. The van der Waals surface area contributed by atoms with Crippen LogP contribution >= 0.6 is 0 Å². The van der Waals surface area contributed by atoms with Crippen LogP contribution in [0.15, 0.2) is 0 Å². The van der Waals surface area contributed by atoms with Gasteiger partial charge in [0.15, 0.2) is 0 Å². The second-order valence-corrected chi connectivity index (χ2v) is 11.9. The van der Waals surface area contributed by atoms with Gasteiger partial charge in [-0.1, -0.05) is 80.1 Å². The first kappa shape index (κ1) is 33.9. The van der Waals surface area contributed by atoms with E-state index in [1.807, 2.05) is 0 Å². The normalized spacial score (nSPS) is 12.2. The number of hydrogen-bond acceptors (Lipinski definition) is 4. The Morgan fingerprint density at radius 3 is 1.10 bits per heavy atom. The minimum Gasteiger partial charge on any atom is -0.465 e. The summed E-state index contributed by atoms with van der Waals surface area (Å²) in [5.74, 6) is -0.824. The van der Waals surface area contributed by atoms with Crippen molar-refractivity contribution in [3.63, 3.8) is 0 Å². The van der Waals surface area contributed by atoms with E-state index in [0.29, 0.717) is 11.1 Å². The molecule has 1 aliphatic carbocycles. The van der Waals surface area contributed by atoms with Gasteiger partial charge in [0.1, 0.15) is 0 Å². The van der Waals surface area contributed by atoms with Gasteiger partial charge in [-0.15, -0.1) is 0 Å². The first-order chi connectivity index (χ1) is 20.4. The van der Waals surface area contributed by atoms with Crippen molar-refractivity contribution in [3.05, 3.63) is 66.8 Å². The zero-order valence-corrected chi connectivity index (χ0v) is 27.9. The van der Waals surface area contributed by atoms with Gasteiger partial charge in [0.25, 0.3) is 0 Å². The summed E-state index contributed by atoms with van der Waals surface area (Å²) in [5.41, 5.74) is 14.5. The summed E-state index contributed by atoms with van der Waals surface area (Å²) >= 11 is 0. The lowest BCUT2D eigenvalue weighted by Gasteiger charge is -2.33. The molecule has 0 aliphatic heterocycles. The number of ether oxygens (including phenoxy) is 2. The molecule has 2 aromatic carbocycles. The molecule has 0 aromatic heterocycles. The molecule has 0 unspecified atom stereocenters. The average Bonchev–Trinajstić information content (AvgIpc) is 3.02. The molecule has 0 atom stereocenters. The highest BCUT2D eigenvalue weighted by atomic mass is 16.5. The Bertz CT molecular complexity index is 1160. The molecular formula is C38H56O4. The summed E-state index contributed by atoms with van der Waals surface area (Å²) < 4.78 is 10.8. The fraction of sp³-hybridized carbons (Fsp3) is 0.632. The Balaban J connectivity index is 2.43. The van der Waals surface area contributed by atoms with Gasteiger partial charge in [-0.2, -0.15) is 0 Å². The smallest absolute Gasteiger partial charge is 0.339 e. The van der Waals surface area contributed by atoms with Crippen LogP contribution in [0.5, 0.6) is 0 Å². The molecule has 4 nitrogen and oxygen atoms in total. The quantitative estimate of drug-likeness (QED) is 0.126. The summed E-state index contributed by atoms with van der Waals surface area (Å²) in [7, 11) is 2.87. The molecule has 0 N–H and O–H groups in total. The zero-order valence-electron chi connectivity index (χ0n) is 27.9. The molecule has 0 heterocycles. The molecular weight excluding hydrogens is 520 g/mol. The molecule has 232 valence electrons. The maximum atomic E-state index is 13.6. The van der Waals surface area contributed by atoms with Gasteiger partial charge in [-0.3, -0.25) is 0 Å². The van der Waals surface area contributed by atoms with Crippen molar-refractivity contribution in [1.29, 1.82) is 0 Å². The Morgan fingerprint density at radius 1 is 0.476 bits per heavy atom. The van der Waals surface area contributed by atoms with E-state index in [4.69, 9.17) is 9.47 Å². The predicted molar refractivity (Wildman–Crippen MR) is 174 cm³/mol. The third kappa shape index (κ3) is 6.79. The Hall–Kier alpha value is -2.62. The van der Waals surface area contributed by atoms with Crippen LogP contribution in [0.3, 0.4) is 0 Å². The van der Waals surface area contributed by atoms with Crippen molar-refractivity contribution in [2.75, 3.05) is 14.2 Å². The standard InChI is InChI=1S/C38H56O4/c1-9-15-17-19-21-29-33-23-31-27(13-5)25(11-3)26(12-4)28(14-6)32(31)24-34(33)30(22-20-18-16-10-2)36(38(40)42-8)35(29)37(39)41-7/h9-24H2,1-8H3. The van der Waals surface area contributed by atoms with E-state index >= 15 is 0 Å². The van der Waals surface area contributed by atoms with Crippen molar-refractivity contribution < 1.29 is 19.1 Å². The molecule has 4 heteroatoms. The van der Waals surface area contributed by atoms with Gasteiger partial charge in [-0.25, -0.2) is 9.59 Å². The van der Waals surface area contributed by atoms with Gasteiger partial charge in [0, 0.05) is 0 Å². The van der Waals surface area contributed by atoms with Crippen molar-refractivity contribution in [1.82, 2.24) is 0 Å². The predicted octanol–water partition coefficient (Wildman–Crippen LogP) is 9.25. The summed E-state index contributed by atoms with van der Waals surface area (Å²) in [6, 6.07) is 0. The second-order valence-electron chi connectivity index (χ2n) is 11.9. The third-order valence-corrected chi connectivity index (χ3v) is 9.59. The molecule has 42 heavy (non-hydrogen) atoms.